The number of benzene rings is 1. The Hall–Kier alpha value is -1.40. The quantitative estimate of drug-likeness (QED) is 0.218. The zero-order valence-electron chi connectivity index (χ0n) is 20.1. The first-order valence-electron chi connectivity index (χ1n) is 12.2. The molecule has 3 rings (SSSR count). The van der Waals surface area contributed by atoms with Crippen LogP contribution in [0.5, 0.6) is 0 Å². The van der Waals surface area contributed by atoms with Crippen LogP contribution in [0.3, 0.4) is 0 Å². The molecule has 4 nitrogen and oxygen atoms in total. The maximum atomic E-state index is 6.07. The van der Waals surface area contributed by atoms with Crippen molar-refractivity contribution in [2.75, 3.05) is 0 Å². The van der Waals surface area contributed by atoms with Crippen molar-refractivity contribution in [2.45, 2.75) is 79.5 Å². The number of halogens is 1. The molecule has 0 spiro atoms. The number of aromatic nitrogens is 4. The molecule has 0 aliphatic carbocycles. The Morgan fingerprint density at radius 1 is 0.875 bits per heavy atom. The van der Waals surface area contributed by atoms with Gasteiger partial charge in [0.2, 0.25) is 0 Å². The fraction of sp³-hybridized carbons (Fsp3) is 0.500. The molecule has 0 atom stereocenters. The van der Waals surface area contributed by atoms with Gasteiger partial charge in [-0.15, -0.1) is 0 Å². The van der Waals surface area contributed by atoms with Gasteiger partial charge in [0.15, 0.2) is 0 Å². The second kappa shape index (κ2) is 12.2. The van der Waals surface area contributed by atoms with Gasteiger partial charge >= 0.3 is 204 Å². The van der Waals surface area contributed by atoms with Gasteiger partial charge in [-0.25, -0.2) is 0 Å². The standard InChI is InChI=1S/C14H10ClN4.3C4H9.Sn/c1-10-8-13(11-2-4-12(15)5-3-11)18-14(17-10)19-7-6-16-9-19;3*1-3-4-2;/h2-5,7-9H,1H3;3*1,3-4H2,2H3;. The zero-order valence-corrected chi connectivity index (χ0v) is 23.7. The van der Waals surface area contributed by atoms with Gasteiger partial charge in [-0.2, -0.15) is 0 Å². The molecule has 0 unspecified atom stereocenters. The Morgan fingerprint density at radius 2 is 1.47 bits per heavy atom. The van der Waals surface area contributed by atoms with E-state index in [0.29, 0.717) is 5.95 Å². The summed E-state index contributed by atoms with van der Waals surface area (Å²) in [6, 6.07) is 9.85. The van der Waals surface area contributed by atoms with Crippen LogP contribution >= 0.6 is 11.6 Å². The molecular weight excluding hydrogens is 522 g/mol. The third kappa shape index (κ3) is 6.34. The first kappa shape index (κ1) is 25.2. The second-order valence-electron chi connectivity index (χ2n) is 8.96. The number of nitrogens with zero attached hydrogens (tertiary/aromatic N) is 4. The third-order valence-electron chi connectivity index (χ3n) is 6.37. The van der Waals surface area contributed by atoms with E-state index in [4.69, 9.17) is 26.6 Å². The van der Waals surface area contributed by atoms with Crippen molar-refractivity contribution in [3.05, 3.63) is 53.6 Å². The van der Waals surface area contributed by atoms with Gasteiger partial charge in [0.25, 0.3) is 0 Å². The van der Waals surface area contributed by atoms with Crippen LogP contribution in [-0.4, -0.2) is 37.9 Å². The molecule has 3 aromatic rings. The van der Waals surface area contributed by atoms with Crippen molar-refractivity contribution in [3.63, 3.8) is 0 Å². The van der Waals surface area contributed by atoms with Crippen molar-refractivity contribution in [3.8, 4) is 17.2 Å². The van der Waals surface area contributed by atoms with Crippen LogP contribution in [0.2, 0.25) is 18.3 Å². The summed E-state index contributed by atoms with van der Waals surface area (Å²) in [4.78, 5) is 14.6. The summed E-state index contributed by atoms with van der Waals surface area (Å²) < 4.78 is 7.69. The number of hydrogen-bond acceptors (Lipinski definition) is 3. The van der Waals surface area contributed by atoms with E-state index in [1.54, 1.807) is 0 Å². The molecule has 0 radical (unpaired) electrons. The van der Waals surface area contributed by atoms with Gasteiger partial charge in [0.1, 0.15) is 0 Å². The molecule has 172 valence electrons. The van der Waals surface area contributed by atoms with Gasteiger partial charge in [0.05, 0.1) is 0 Å². The van der Waals surface area contributed by atoms with Crippen molar-refractivity contribution < 1.29 is 0 Å². The summed E-state index contributed by atoms with van der Waals surface area (Å²) in [6.45, 7) is 8.96. The number of aryl methyl sites for hydroxylation is 1. The molecule has 0 bridgehead atoms. The van der Waals surface area contributed by atoms with Gasteiger partial charge in [0, 0.05) is 0 Å². The average Bonchev–Trinajstić information content (AvgIpc) is 3.30. The summed E-state index contributed by atoms with van der Waals surface area (Å²) in [6.07, 6.45) is 12.0. The Morgan fingerprint density at radius 3 is 2.03 bits per heavy atom. The van der Waals surface area contributed by atoms with Crippen LogP contribution in [0.1, 0.15) is 65.0 Å². The maximum absolute atomic E-state index is 6.07. The van der Waals surface area contributed by atoms with Crippen LogP contribution in [-0.2, 0) is 0 Å². The molecular formula is C26H37ClN4Sn. The molecule has 0 saturated heterocycles. The zero-order chi connectivity index (χ0) is 23.0. The van der Waals surface area contributed by atoms with E-state index in [1.807, 2.05) is 43.6 Å². The van der Waals surface area contributed by atoms with E-state index in [1.165, 1.54) is 55.5 Å². The molecule has 0 amide bonds. The number of unbranched alkanes of at least 4 members (excludes halogenated alkanes) is 3. The molecule has 6 heteroatoms. The average molecular weight is 560 g/mol. The molecule has 0 saturated carbocycles. The first-order chi connectivity index (χ1) is 15.5. The predicted octanol–water partition coefficient (Wildman–Crippen LogP) is 7.35. The van der Waals surface area contributed by atoms with E-state index in [9.17, 15) is 0 Å². The molecule has 0 aliphatic rings. The Labute approximate surface area is 202 Å². The van der Waals surface area contributed by atoms with E-state index < -0.39 is 18.4 Å². The van der Waals surface area contributed by atoms with Gasteiger partial charge in [-0.1, -0.05) is 0 Å². The van der Waals surface area contributed by atoms with Gasteiger partial charge in [-0.05, 0) is 0 Å². The summed E-state index contributed by atoms with van der Waals surface area (Å²) in [5, 5.41) is 0.731. The number of hydrogen-bond donors (Lipinski definition) is 0. The van der Waals surface area contributed by atoms with Crippen LogP contribution in [0.25, 0.3) is 17.2 Å². The summed E-state index contributed by atoms with van der Waals surface area (Å²) in [5.41, 5.74) is 2.91. The minimum atomic E-state index is -2.57. The van der Waals surface area contributed by atoms with E-state index in [-0.39, 0.29) is 0 Å². The van der Waals surface area contributed by atoms with Crippen molar-refractivity contribution in [1.29, 1.82) is 0 Å². The molecule has 0 fully saturated rings. The Kier molecular flexibility index (Phi) is 9.59. The molecule has 32 heavy (non-hydrogen) atoms. The molecule has 0 N–H and O–H groups in total. The van der Waals surface area contributed by atoms with Crippen LogP contribution in [0, 0.1) is 6.92 Å². The van der Waals surface area contributed by atoms with Crippen LogP contribution < -0.4 is 3.71 Å². The minimum absolute atomic E-state index is 0.704. The van der Waals surface area contributed by atoms with Crippen molar-refractivity contribution in [1.82, 2.24) is 19.5 Å². The molecule has 2 heterocycles. The first-order valence-corrected chi connectivity index (χ1v) is 20.0. The SMILES string of the molecule is CCC[CH2][Sn]([CH2]CCC)([CH2]CCC)[c]1cn(-c2nc(C)cc(-c3ccc(Cl)cc3)n2)cn1. The number of rotatable bonds is 12. The Balaban J connectivity index is 1.98. The predicted molar refractivity (Wildman–Crippen MR) is 139 cm³/mol. The second-order valence-corrected chi connectivity index (χ2v) is 22.4. The van der Waals surface area contributed by atoms with Crippen molar-refractivity contribution >= 4 is 33.7 Å². The van der Waals surface area contributed by atoms with E-state index in [2.05, 4.69) is 31.5 Å². The van der Waals surface area contributed by atoms with Gasteiger partial charge < -0.3 is 0 Å². The van der Waals surface area contributed by atoms with E-state index in [0.717, 1.165) is 22.0 Å². The molecule has 1 aromatic carbocycles. The third-order valence-corrected chi connectivity index (χ3v) is 21.7. The monoisotopic (exact) mass is 560 g/mol. The topological polar surface area (TPSA) is 43.6 Å². The molecule has 2 aromatic heterocycles. The van der Waals surface area contributed by atoms with Gasteiger partial charge in [-0.3, -0.25) is 0 Å². The number of imidazole rings is 1. The van der Waals surface area contributed by atoms with Crippen LogP contribution in [0.4, 0.5) is 0 Å². The van der Waals surface area contributed by atoms with Crippen molar-refractivity contribution in [2.24, 2.45) is 0 Å². The normalized spacial score (nSPS) is 11.8. The summed E-state index contributed by atoms with van der Waals surface area (Å²) in [5.74, 6) is 0.704. The summed E-state index contributed by atoms with van der Waals surface area (Å²) >= 11 is 3.51. The Bertz CT molecular complexity index is 962. The fourth-order valence-electron chi connectivity index (χ4n) is 4.45. The van der Waals surface area contributed by atoms with E-state index >= 15 is 0 Å². The fourth-order valence-corrected chi connectivity index (χ4v) is 19.9. The van der Waals surface area contributed by atoms with Crippen LogP contribution in [0.15, 0.2) is 42.9 Å². The molecule has 0 aliphatic heterocycles. The summed E-state index contributed by atoms with van der Waals surface area (Å²) in [7, 11) is 0.